The van der Waals surface area contributed by atoms with Gasteiger partial charge in [0.05, 0.1) is 14.2 Å². The number of rotatable bonds is 5. The highest BCUT2D eigenvalue weighted by atomic mass is 79.9. The Morgan fingerprint density at radius 3 is 1.24 bits per heavy atom. The SMILES string of the molecule is COc1ccccc1-c1cc2ccccc2c(-c2c(Br)c(-c3ccccc3OC)cc3ccccc23)c1Br. The topological polar surface area (TPSA) is 18.5 Å². The van der Waals surface area contributed by atoms with E-state index in [1.165, 1.54) is 10.8 Å². The highest BCUT2D eigenvalue weighted by Gasteiger charge is 2.23. The third kappa shape index (κ3) is 4.09. The van der Waals surface area contributed by atoms with Gasteiger partial charge in [-0.1, -0.05) is 84.9 Å². The molecule has 0 fully saturated rings. The minimum absolute atomic E-state index is 0.834. The summed E-state index contributed by atoms with van der Waals surface area (Å²) in [5.41, 5.74) is 6.49. The van der Waals surface area contributed by atoms with E-state index in [1.54, 1.807) is 14.2 Å². The molecule has 0 N–H and O–H groups in total. The highest BCUT2D eigenvalue weighted by molar-refractivity contribution is 9.11. The molecule has 6 aromatic carbocycles. The first-order valence-corrected chi connectivity index (χ1v) is 13.9. The van der Waals surface area contributed by atoms with Gasteiger partial charge in [-0.3, -0.25) is 0 Å². The summed E-state index contributed by atoms with van der Waals surface area (Å²) < 4.78 is 13.6. The number of methoxy groups -OCH3 is 2. The molecule has 0 aliphatic heterocycles. The summed E-state index contributed by atoms with van der Waals surface area (Å²) in [7, 11) is 3.44. The van der Waals surface area contributed by atoms with Gasteiger partial charge in [0.1, 0.15) is 11.5 Å². The second kappa shape index (κ2) is 10.3. The van der Waals surface area contributed by atoms with Crippen LogP contribution in [0.1, 0.15) is 0 Å². The van der Waals surface area contributed by atoms with Gasteiger partial charge in [-0.15, -0.1) is 0 Å². The van der Waals surface area contributed by atoms with E-state index in [-0.39, 0.29) is 0 Å². The van der Waals surface area contributed by atoms with Crippen molar-refractivity contribution in [3.63, 3.8) is 0 Å². The minimum atomic E-state index is 0.834. The Kier molecular flexibility index (Phi) is 6.69. The van der Waals surface area contributed by atoms with Crippen molar-refractivity contribution >= 4 is 53.4 Å². The summed E-state index contributed by atoms with van der Waals surface area (Å²) in [6, 6.07) is 37.9. The molecule has 6 rings (SSSR count). The fourth-order valence-electron chi connectivity index (χ4n) is 5.26. The number of hydrogen-bond acceptors (Lipinski definition) is 2. The normalized spacial score (nSPS) is 11.2. The molecular formula is C34H24Br2O2. The van der Waals surface area contributed by atoms with Gasteiger partial charge in [0.2, 0.25) is 0 Å². The lowest BCUT2D eigenvalue weighted by Gasteiger charge is -2.21. The maximum absolute atomic E-state index is 5.76. The molecule has 38 heavy (non-hydrogen) atoms. The number of fused-ring (bicyclic) bond motifs is 2. The molecule has 0 spiro atoms. The molecule has 0 heterocycles. The van der Waals surface area contributed by atoms with Crippen LogP contribution < -0.4 is 9.47 Å². The number of hydrogen-bond donors (Lipinski definition) is 0. The van der Waals surface area contributed by atoms with Crippen LogP contribution in [0.2, 0.25) is 0 Å². The Morgan fingerprint density at radius 1 is 0.447 bits per heavy atom. The molecule has 0 unspecified atom stereocenters. The molecule has 0 amide bonds. The van der Waals surface area contributed by atoms with Crippen molar-refractivity contribution in [1.29, 1.82) is 0 Å². The Bertz CT molecular complexity index is 1690. The third-order valence-corrected chi connectivity index (χ3v) is 8.66. The van der Waals surface area contributed by atoms with Crippen LogP contribution in [0, 0.1) is 0 Å². The smallest absolute Gasteiger partial charge is 0.126 e. The Hall–Kier alpha value is -3.60. The van der Waals surface area contributed by atoms with Crippen LogP contribution in [0.5, 0.6) is 11.5 Å². The van der Waals surface area contributed by atoms with Crippen LogP contribution in [0.25, 0.3) is 54.9 Å². The minimum Gasteiger partial charge on any atom is -0.496 e. The molecule has 0 saturated carbocycles. The molecule has 2 nitrogen and oxygen atoms in total. The van der Waals surface area contributed by atoms with Crippen LogP contribution in [-0.4, -0.2) is 14.2 Å². The summed E-state index contributed by atoms with van der Waals surface area (Å²) >= 11 is 8.13. The average molecular weight is 624 g/mol. The number of para-hydroxylation sites is 2. The standard InChI is InChI=1S/C34H24Br2O2/c1-37-29-17-9-7-15-25(29)27-19-21-11-3-5-13-23(21)31(33(27)35)32-24-14-6-4-12-22(24)20-28(34(32)36)26-16-8-10-18-30(26)38-2/h3-20H,1-2H3. The predicted octanol–water partition coefficient (Wildman–Crippen LogP) is 10.5. The summed E-state index contributed by atoms with van der Waals surface area (Å²) in [6.07, 6.45) is 0. The molecule has 0 atom stereocenters. The van der Waals surface area contributed by atoms with Crippen molar-refractivity contribution in [2.45, 2.75) is 0 Å². The number of benzene rings is 6. The molecule has 0 aliphatic rings. The highest BCUT2D eigenvalue weighted by Crippen LogP contribution is 2.51. The van der Waals surface area contributed by atoms with E-state index in [0.29, 0.717) is 0 Å². The van der Waals surface area contributed by atoms with Gasteiger partial charge >= 0.3 is 0 Å². The maximum Gasteiger partial charge on any atom is 0.126 e. The molecule has 0 saturated heterocycles. The second-order valence-corrected chi connectivity index (χ2v) is 10.7. The summed E-state index contributed by atoms with van der Waals surface area (Å²) in [5, 5.41) is 4.65. The zero-order valence-electron chi connectivity index (χ0n) is 21.0. The molecule has 0 aliphatic carbocycles. The molecule has 6 aromatic rings. The van der Waals surface area contributed by atoms with Gasteiger partial charge in [-0.2, -0.15) is 0 Å². The van der Waals surface area contributed by atoms with E-state index in [0.717, 1.165) is 64.6 Å². The molecule has 0 aromatic heterocycles. The van der Waals surface area contributed by atoms with E-state index >= 15 is 0 Å². The summed E-state index contributed by atoms with van der Waals surface area (Å²) in [5.74, 6) is 1.67. The first kappa shape index (κ1) is 24.7. The van der Waals surface area contributed by atoms with Crippen molar-refractivity contribution in [2.24, 2.45) is 0 Å². The van der Waals surface area contributed by atoms with Gasteiger partial charge in [-0.05, 0) is 77.7 Å². The third-order valence-electron chi connectivity index (χ3n) is 7.02. The van der Waals surface area contributed by atoms with Crippen LogP contribution >= 0.6 is 31.9 Å². The van der Waals surface area contributed by atoms with E-state index in [2.05, 4.69) is 105 Å². The van der Waals surface area contributed by atoms with Crippen LogP contribution in [0.4, 0.5) is 0 Å². The lowest BCUT2D eigenvalue weighted by molar-refractivity contribution is 0.416. The first-order chi connectivity index (χ1) is 18.6. The Morgan fingerprint density at radius 2 is 0.816 bits per heavy atom. The van der Waals surface area contributed by atoms with Gasteiger partial charge in [0.25, 0.3) is 0 Å². The molecule has 186 valence electrons. The van der Waals surface area contributed by atoms with Crippen LogP contribution in [0.15, 0.2) is 118 Å². The van der Waals surface area contributed by atoms with E-state index in [1.807, 2.05) is 36.4 Å². The van der Waals surface area contributed by atoms with Crippen molar-refractivity contribution < 1.29 is 9.47 Å². The quantitative estimate of drug-likeness (QED) is 0.190. The van der Waals surface area contributed by atoms with Crippen molar-refractivity contribution in [3.8, 4) is 44.9 Å². The van der Waals surface area contributed by atoms with Gasteiger partial charge in [0, 0.05) is 42.3 Å². The van der Waals surface area contributed by atoms with Crippen molar-refractivity contribution in [2.75, 3.05) is 14.2 Å². The van der Waals surface area contributed by atoms with Gasteiger partial charge < -0.3 is 9.47 Å². The average Bonchev–Trinajstić information content (AvgIpc) is 2.97. The monoisotopic (exact) mass is 622 g/mol. The lowest BCUT2D eigenvalue weighted by atomic mass is 9.88. The van der Waals surface area contributed by atoms with E-state index in [9.17, 15) is 0 Å². The maximum atomic E-state index is 5.76. The Labute approximate surface area is 239 Å². The first-order valence-electron chi connectivity index (χ1n) is 12.3. The van der Waals surface area contributed by atoms with Gasteiger partial charge in [0.15, 0.2) is 0 Å². The molecule has 4 heteroatoms. The summed E-state index contributed by atoms with van der Waals surface area (Å²) in [6.45, 7) is 0. The predicted molar refractivity (Wildman–Crippen MR) is 166 cm³/mol. The van der Waals surface area contributed by atoms with Crippen LogP contribution in [-0.2, 0) is 0 Å². The van der Waals surface area contributed by atoms with Crippen molar-refractivity contribution in [1.82, 2.24) is 0 Å². The van der Waals surface area contributed by atoms with E-state index < -0.39 is 0 Å². The summed E-state index contributed by atoms with van der Waals surface area (Å²) in [4.78, 5) is 0. The largest absolute Gasteiger partial charge is 0.496 e. The number of ether oxygens (including phenoxy) is 2. The fraction of sp³-hybridized carbons (Fsp3) is 0.0588. The van der Waals surface area contributed by atoms with Gasteiger partial charge in [-0.25, -0.2) is 0 Å². The molecule has 0 radical (unpaired) electrons. The van der Waals surface area contributed by atoms with Crippen LogP contribution in [0.3, 0.4) is 0 Å². The zero-order chi connectivity index (χ0) is 26.2. The molecule has 0 bridgehead atoms. The van der Waals surface area contributed by atoms with E-state index in [4.69, 9.17) is 9.47 Å². The number of halogens is 2. The molecular weight excluding hydrogens is 600 g/mol. The van der Waals surface area contributed by atoms with Crippen molar-refractivity contribution in [3.05, 3.63) is 118 Å². The Balaban J connectivity index is 1.78. The zero-order valence-corrected chi connectivity index (χ0v) is 24.1. The fourth-order valence-corrected chi connectivity index (χ4v) is 6.74. The lowest BCUT2D eigenvalue weighted by Crippen LogP contribution is -1.95. The second-order valence-electron chi connectivity index (χ2n) is 9.07.